The highest BCUT2D eigenvalue weighted by Gasteiger charge is 2.10. The molecule has 1 aromatic heterocycles. The van der Waals surface area contributed by atoms with E-state index in [4.69, 9.17) is 12.2 Å². The van der Waals surface area contributed by atoms with Gasteiger partial charge in [0.25, 0.3) is 0 Å². The van der Waals surface area contributed by atoms with Gasteiger partial charge in [0.15, 0.2) is 4.77 Å². The molecule has 0 saturated carbocycles. The molecule has 1 rings (SSSR count). The Morgan fingerprint density at radius 3 is 2.46 bits per heavy atom. The van der Waals surface area contributed by atoms with E-state index in [0.29, 0.717) is 5.41 Å². The normalized spacial score (nSPS) is 12.0. The van der Waals surface area contributed by atoms with Crippen molar-refractivity contribution in [2.24, 2.45) is 5.41 Å². The highest BCUT2D eigenvalue weighted by Crippen LogP contribution is 2.19. The molecule has 0 aromatic carbocycles. The molecule has 0 aliphatic rings. The zero-order valence-corrected chi connectivity index (χ0v) is 9.66. The number of rotatable bonds is 2. The molecular formula is C10H18N2S. The Labute approximate surface area is 85.0 Å². The number of hydrogen-bond acceptors (Lipinski definition) is 1. The van der Waals surface area contributed by atoms with Gasteiger partial charge in [-0.2, -0.15) is 0 Å². The van der Waals surface area contributed by atoms with Crippen LogP contribution in [-0.4, -0.2) is 9.55 Å². The lowest BCUT2D eigenvalue weighted by Gasteiger charge is -2.17. The standard InChI is InChI=1S/C10H18N2S/c1-8-7-12(9(13)11-8)6-5-10(2,3)4/h7H,5-6H2,1-4H3,(H,11,13). The Morgan fingerprint density at radius 2 is 2.08 bits per heavy atom. The maximum atomic E-state index is 5.17. The van der Waals surface area contributed by atoms with Gasteiger partial charge >= 0.3 is 0 Å². The molecule has 1 heterocycles. The van der Waals surface area contributed by atoms with Gasteiger partial charge in [0.1, 0.15) is 0 Å². The topological polar surface area (TPSA) is 20.7 Å². The van der Waals surface area contributed by atoms with Crippen LogP contribution in [-0.2, 0) is 6.54 Å². The molecule has 0 aliphatic heterocycles. The number of aromatic nitrogens is 2. The summed E-state index contributed by atoms with van der Waals surface area (Å²) >= 11 is 5.17. The molecule has 1 N–H and O–H groups in total. The lowest BCUT2D eigenvalue weighted by Crippen LogP contribution is -2.09. The molecule has 1 aromatic rings. The van der Waals surface area contributed by atoms with Gasteiger partial charge in [-0.25, -0.2) is 0 Å². The smallest absolute Gasteiger partial charge is 0.177 e. The van der Waals surface area contributed by atoms with E-state index in [1.54, 1.807) is 0 Å². The van der Waals surface area contributed by atoms with Crippen LogP contribution in [0.3, 0.4) is 0 Å². The van der Waals surface area contributed by atoms with Crippen molar-refractivity contribution in [1.82, 2.24) is 9.55 Å². The maximum Gasteiger partial charge on any atom is 0.177 e. The van der Waals surface area contributed by atoms with Crippen molar-refractivity contribution in [3.05, 3.63) is 16.7 Å². The number of aromatic amines is 1. The molecule has 3 heteroatoms. The second-order valence-electron chi connectivity index (χ2n) is 4.75. The molecule has 0 bridgehead atoms. The van der Waals surface area contributed by atoms with Crippen LogP contribution < -0.4 is 0 Å². The van der Waals surface area contributed by atoms with Crippen LogP contribution in [0.5, 0.6) is 0 Å². The van der Waals surface area contributed by atoms with E-state index >= 15 is 0 Å². The Morgan fingerprint density at radius 1 is 1.46 bits per heavy atom. The molecule has 0 aliphatic carbocycles. The third kappa shape index (κ3) is 3.35. The summed E-state index contributed by atoms with van der Waals surface area (Å²) in [4.78, 5) is 3.12. The summed E-state index contributed by atoms with van der Waals surface area (Å²) in [5.74, 6) is 0. The molecule has 13 heavy (non-hydrogen) atoms. The van der Waals surface area contributed by atoms with Crippen molar-refractivity contribution in [3.8, 4) is 0 Å². The average Bonchev–Trinajstić information content (AvgIpc) is 2.24. The van der Waals surface area contributed by atoms with Gasteiger partial charge in [0, 0.05) is 18.4 Å². The third-order valence-electron chi connectivity index (χ3n) is 2.02. The number of aryl methyl sites for hydroxylation is 2. The van der Waals surface area contributed by atoms with Crippen LogP contribution >= 0.6 is 12.2 Å². The minimum absolute atomic E-state index is 0.375. The third-order valence-corrected chi connectivity index (χ3v) is 2.35. The van der Waals surface area contributed by atoms with Crippen molar-refractivity contribution in [3.63, 3.8) is 0 Å². The van der Waals surface area contributed by atoms with Crippen molar-refractivity contribution in [2.45, 2.75) is 40.7 Å². The number of imidazole rings is 1. The van der Waals surface area contributed by atoms with E-state index in [2.05, 4.69) is 36.5 Å². The van der Waals surface area contributed by atoms with E-state index in [-0.39, 0.29) is 0 Å². The Hall–Kier alpha value is -0.570. The first-order chi connectivity index (χ1) is 5.88. The molecule has 0 fully saturated rings. The minimum Gasteiger partial charge on any atom is -0.335 e. The van der Waals surface area contributed by atoms with E-state index in [0.717, 1.165) is 23.4 Å². The maximum absolute atomic E-state index is 5.17. The molecule has 2 nitrogen and oxygen atoms in total. The van der Waals surface area contributed by atoms with Crippen LogP contribution in [0.15, 0.2) is 6.20 Å². The average molecular weight is 198 g/mol. The fourth-order valence-corrected chi connectivity index (χ4v) is 1.49. The lowest BCUT2D eigenvalue weighted by molar-refractivity contribution is 0.349. The molecule has 74 valence electrons. The molecule has 0 radical (unpaired) electrons. The SMILES string of the molecule is Cc1cn(CCC(C)(C)C)c(=S)[nH]1. The quantitative estimate of drug-likeness (QED) is 0.723. The number of H-pyrrole nitrogens is 1. The molecule has 0 amide bonds. The zero-order chi connectivity index (χ0) is 10.1. The summed E-state index contributed by atoms with van der Waals surface area (Å²) < 4.78 is 2.94. The number of hydrogen-bond donors (Lipinski definition) is 1. The van der Waals surface area contributed by atoms with Crippen molar-refractivity contribution in [1.29, 1.82) is 0 Å². The highest BCUT2D eigenvalue weighted by molar-refractivity contribution is 7.71. The Bertz CT molecular complexity index is 327. The summed E-state index contributed by atoms with van der Waals surface area (Å²) in [6.07, 6.45) is 3.23. The summed E-state index contributed by atoms with van der Waals surface area (Å²) in [6, 6.07) is 0. The second kappa shape index (κ2) is 3.66. The fraction of sp³-hybridized carbons (Fsp3) is 0.700. The van der Waals surface area contributed by atoms with Crippen LogP contribution in [0, 0.1) is 17.1 Å². The highest BCUT2D eigenvalue weighted by atomic mass is 32.1. The van der Waals surface area contributed by atoms with Gasteiger partial charge < -0.3 is 9.55 Å². The summed E-state index contributed by atoms with van der Waals surface area (Å²) in [5.41, 5.74) is 1.51. The second-order valence-corrected chi connectivity index (χ2v) is 5.13. The molecule has 0 unspecified atom stereocenters. The van der Waals surface area contributed by atoms with Crippen molar-refractivity contribution < 1.29 is 0 Å². The van der Waals surface area contributed by atoms with E-state index in [1.165, 1.54) is 0 Å². The Kier molecular flexibility index (Phi) is 2.96. The van der Waals surface area contributed by atoms with Crippen LogP contribution in [0.25, 0.3) is 0 Å². The van der Waals surface area contributed by atoms with Gasteiger partial charge in [-0.15, -0.1) is 0 Å². The molecule has 0 atom stereocenters. The van der Waals surface area contributed by atoms with Gasteiger partial charge in [0.05, 0.1) is 0 Å². The largest absolute Gasteiger partial charge is 0.335 e. The van der Waals surface area contributed by atoms with Gasteiger partial charge in [-0.3, -0.25) is 0 Å². The van der Waals surface area contributed by atoms with E-state index in [1.807, 2.05) is 6.92 Å². The first kappa shape index (κ1) is 10.5. The minimum atomic E-state index is 0.375. The van der Waals surface area contributed by atoms with E-state index in [9.17, 15) is 0 Å². The predicted octanol–water partition coefficient (Wildman–Crippen LogP) is 3.29. The van der Waals surface area contributed by atoms with Crippen molar-refractivity contribution >= 4 is 12.2 Å². The van der Waals surface area contributed by atoms with Crippen LogP contribution in [0.4, 0.5) is 0 Å². The van der Waals surface area contributed by atoms with E-state index < -0.39 is 0 Å². The van der Waals surface area contributed by atoms with Crippen molar-refractivity contribution in [2.75, 3.05) is 0 Å². The Balaban J connectivity index is 2.65. The number of nitrogens with zero attached hydrogens (tertiary/aromatic N) is 1. The van der Waals surface area contributed by atoms with Crippen LogP contribution in [0.2, 0.25) is 0 Å². The molecule has 0 saturated heterocycles. The van der Waals surface area contributed by atoms with Crippen LogP contribution in [0.1, 0.15) is 32.9 Å². The first-order valence-corrected chi connectivity index (χ1v) is 5.05. The molecule has 0 spiro atoms. The van der Waals surface area contributed by atoms with Gasteiger partial charge in [-0.05, 0) is 31.0 Å². The monoisotopic (exact) mass is 198 g/mol. The lowest BCUT2D eigenvalue weighted by atomic mass is 9.92. The summed E-state index contributed by atoms with van der Waals surface area (Å²) in [5, 5.41) is 0. The summed E-state index contributed by atoms with van der Waals surface area (Å²) in [7, 11) is 0. The number of nitrogens with one attached hydrogen (secondary N) is 1. The first-order valence-electron chi connectivity index (χ1n) is 4.64. The van der Waals surface area contributed by atoms with Gasteiger partial charge in [0.2, 0.25) is 0 Å². The fourth-order valence-electron chi connectivity index (χ4n) is 1.19. The zero-order valence-electron chi connectivity index (χ0n) is 8.85. The molecular weight excluding hydrogens is 180 g/mol. The predicted molar refractivity (Wildman–Crippen MR) is 58.4 cm³/mol. The van der Waals surface area contributed by atoms with Gasteiger partial charge in [-0.1, -0.05) is 20.8 Å². The summed E-state index contributed by atoms with van der Waals surface area (Å²) in [6.45, 7) is 9.78.